The van der Waals surface area contributed by atoms with Crippen LogP contribution in [0.15, 0.2) is 0 Å². The summed E-state index contributed by atoms with van der Waals surface area (Å²) in [5.41, 5.74) is -0.397. The number of carbonyl (C=O) groups is 1. The van der Waals surface area contributed by atoms with E-state index in [0.29, 0.717) is 12.1 Å². The van der Waals surface area contributed by atoms with Crippen molar-refractivity contribution in [1.82, 2.24) is 10.2 Å². The second-order valence-electron chi connectivity index (χ2n) is 6.56. The van der Waals surface area contributed by atoms with Crippen molar-refractivity contribution in [2.24, 2.45) is 0 Å². The van der Waals surface area contributed by atoms with Gasteiger partial charge < -0.3 is 15.0 Å². The van der Waals surface area contributed by atoms with Crippen molar-refractivity contribution in [3.63, 3.8) is 0 Å². The number of likely N-dealkylation sites (tertiary alicyclic amines) is 1. The van der Waals surface area contributed by atoms with Crippen LogP contribution in [0.5, 0.6) is 0 Å². The molecule has 1 aliphatic heterocycles. The summed E-state index contributed by atoms with van der Waals surface area (Å²) in [4.78, 5) is 13.9. The molecule has 2 fully saturated rings. The summed E-state index contributed by atoms with van der Waals surface area (Å²) in [6.07, 6.45) is 6.02. The van der Waals surface area contributed by atoms with Crippen LogP contribution in [0.4, 0.5) is 4.79 Å². The standard InChI is InChI=1S/C14H26N2O2/c1-14(2,3)18-13(17)16-9-5-8-12(10-16)15-11-6-4-7-11/h11-12,15H,4-10H2,1-3H3. The second-order valence-corrected chi connectivity index (χ2v) is 6.56. The number of rotatable bonds is 2. The molecule has 1 heterocycles. The molecule has 4 nitrogen and oxygen atoms in total. The lowest BCUT2D eigenvalue weighted by molar-refractivity contribution is 0.0178. The molecule has 4 heteroatoms. The van der Waals surface area contributed by atoms with Crippen LogP contribution in [0.3, 0.4) is 0 Å². The van der Waals surface area contributed by atoms with E-state index in [1.165, 1.54) is 25.7 Å². The zero-order chi connectivity index (χ0) is 13.2. The van der Waals surface area contributed by atoms with Crippen LogP contribution in [0.25, 0.3) is 0 Å². The second kappa shape index (κ2) is 5.47. The smallest absolute Gasteiger partial charge is 0.410 e. The average molecular weight is 254 g/mol. The largest absolute Gasteiger partial charge is 0.444 e. The monoisotopic (exact) mass is 254 g/mol. The van der Waals surface area contributed by atoms with Gasteiger partial charge in [-0.1, -0.05) is 6.42 Å². The zero-order valence-corrected chi connectivity index (χ0v) is 11.9. The number of piperidine rings is 1. The quantitative estimate of drug-likeness (QED) is 0.823. The lowest BCUT2D eigenvalue weighted by Crippen LogP contribution is -2.52. The Morgan fingerprint density at radius 1 is 1.17 bits per heavy atom. The molecule has 1 amide bonds. The molecule has 0 aromatic carbocycles. The summed E-state index contributed by atoms with van der Waals surface area (Å²) in [6.45, 7) is 7.37. The topological polar surface area (TPSA) is 41.6 Å². The fourth-order valence-electron chi connectivity index (χ4n) is 2.51. The van der Waals surface area contributed by atoms with Gasteiger partial charge >= 0.3 is 6.09 Å². The summed E-state index contributed by atoms with van der Waals surface area (Å²) < 4.78 is 5.43. The lowest BCUT2D eigenvalue weighted by atomic mass is 9.91. The van der Waals surface area contributed by atoms with Gasteiger partial charge in [0.05, 0.1) is 0 Å². The van der Waals surface area contributed by atoms with Gasteiger partial charge in [0, 0.05) is 25.2 Å². The Bertz CT molecular complexity index is 295. The molecule has 2 rings (SSSR count). The molecule has 0 spiro atoms. The fraction of sp³-hybridized carbons (Fsp3) is 0.929. The number of ether oxygens (including phenoxy) is 1. The molecule has 2 aliphatic rings. The molecule has 0 aromatic rings. The minimum absolute atomic E-state index is 0.164. The molecule has 18 heavy (non-hydrogen) atoms. The lowest BCUT2D eigenvalue weighted by Gasteiger charge is -2.38. The first kappa shape index (κ1) is 13.7. The molecule has 0 radical (unpaired) electrons. The minimum atomic E-state index is -0.397. The van der Waals surface area contributed by atoms with Crippen LogP contribution in [-0.2, 0) is 4.74 Å². The highest BCUT2D eigenvalue weighted by Crippen LogP contribution is 2.21. The molecular formula is C14H26N2O2. The number of carbonyl (C=O) groups excluding carboxylic acids is 1. The highest BCUT2D eigenvalue weighted by Gasteiger charge is 2.29. The van der Waals surface area contributed by atoms with Crippen LogP contribution < -0.4 is 5.32 Å². The molecule has 1 unspecified atom stereocenters. The van der Waals surface area contributed by atoms with Crippen molar-refractivity contribution in [2.45, 2.75) is 70.6 Å². The van der Waals surface area contributed by atoms with E-state index in [1.807, 2.05) is 25.7 Å². The number of nitrogens with zero attached hydrogens (tertiary/aromatic N) is 1. The summed E-state index contributed by atoms with van der Waals surface area (Å²) in [7, 11) is 0. The first-order valence-electron chi connectivity index (χ1n) is 7.18. The van der Waals surface area contributed by atoms with E-state index < -0.39 is 5.60 Å². The van der Waals surface area contributed by atoms with E-state index in [-0.39, 0.29) is 6.09 Å². The molecule has 104 valence electrons. The third-order valence-electron chi connectivity index (χ3n) is 3.65. The van der Waals surface area contributed by atoms with Gasteiger partial charge in [-0.2, -0.15) is 0 Å². The third-order valence-corrected chi connectivity index (χ3v) is 3.65. The van der Waals surface area contributed by atoms with Crippen molar-refractivity contribution in [3.05, 3.63) is 0 Å². The van der Waals surface area contributed by atoms with E-state index >= 15 is 0 Å². The van der Waals surface area contributed by atoms with Crippen LogP contribution in [-0.4, -0.2) is 41.8 Å². The van der Waals surface area contributed by atoms with Crippen LogP contribution >= 0.6 is 0 Å². The van der Waals surface area contributed by atoms with Gasteiger partial charge in [0.15, 0.2) is 0 Å². The SMILES string of the molecule is CC(C)(C)OC(=O)N1CCCC(NC2CCC2)C1. The predicted molar refractivity (Wildman–Crippen MR) is 71.6 cm³/mol. The summed E-state index contributed by atoms with van der Waals surface area (Å²) in [5, 5.41) is 3.65. The van der Waals surface area contributed by atoms with E-state index in [4.69, 9.17) is 4.74 Å². The Labute approximate surface area is 110 Å². The first-order chi connectivity index (χ1) is 8.44. The fourth-order valence-corrected chi connectivity index (χ4v) is 2.51. The normalized spacial score (nSPS) is 25.7. The predicted octanol–water partition coefficient (Wildman–Crippen LogP) is 2.53. The molecule has 1 aliphatic carbocycles. The highest BCUT2D eigenvalue weighted by molar-refractivity contribution is 5.68. The van der Waals surface area contributed by atoms with E-state index in [0.717, 1.165) is 19.5 Å². The van der Waals surface area contributed by atoms with E-state index in [2.05, 4.69) is 5.32 Å². The van der Waals surface area contributed by atoms with Gasteiger partial charge in [-0.15, -0.1) is 0 Å². The summed E-state index contributed by atoms with van der Waals surface area (Å²) in [6, 6.07) is 1.14. The van der Waals surface area contributed by atoms with Crippen LogP contribution in [0, 0.1) is 0 Å². The minimum Gasteiger partial charge on any atom is -0.444 e. The van der Waals surface area contributed by atoms with Crippen molar-refractivity contribution in [2.75, 3.05) is 13.1 Å². The Morgan fingerprint density at radius 3 is 2.39 bits per heavy atom. The number of hydrogen-bond donors (Lipinski definition) is 1. The Morgan fingerprint density at radius 2 is 1.83 bits per heavy atom. The number of hydrogen-bond acceptors (Lipinski definition) is 3. The number of nitrogens with one attached hydrogen (secondary N) is 1. The molecule has 1 atom stereocenters. The zero-order valence-electron chi connectivity index (χ0n) is 11.9. The van der Waals surface area contributed by atoms with Gasteiger partial charge in [-0.3, -0.25) is 0 Å². The summed E-state index contributed by atoms with van der Waals surface area (Å²) >= 11 is 0. The van der Waals surface area contributed by atoms with Crippen LogP contribution in [0.2, 0.25) is 0 Å². The Balaban J connectivity index is 1.80. The Hall–Kier alpha value is -0.770. The van der Waals surface area contributed by atoms with Gasteiger partial charge in [0.2, 0.25) is 0 Å². The average Bonchev–Trinajstić information content (AvgIpc) is 2.22. The summed E-state index contributed by atoms with van der Waals surface area (Å²) in [5.74, 6) is 0. The maximum absolute atomic E-state index is 12.0. The third kappa shape index (κ3) is 3.87. The Kier molecular flexibility index (Phi) is 4.15. The van der Waals surface area contributed by atoms with Gasteiger partial charge in [0.25, 0.3) is 0 Å². The first-order valence-corrected chi connectivity index (χ1v) is 7.18. The maximum Gasteiger partial charge on any atom is 0.410 e. The molecule has 0 bridgehead atoms. The van der Waals surface area contributed by atoms with Gasteiger partial charge in [-0.25, -0.2) is 4.79 Å². The van der Waals surface area contributed by atoms with Gasteiger partial charge in [0.1, 0.15) is 5.60 Å². The maximum atomic E-state index is 12.0. The van der Waals surface area contributed by atoms with Crippen molar-refractivity contribution in [3.8, 4) is 0 Å². The van der Waals surface area contributed by atoms with Crippen molar-refractivity contribution in [1.29, 1.82) is 0 Å². The molecule has 0 aromatic heterocycles. The van der Waals surface area contributed by atoms with Crippen molar-refractivity contribution < 1.29 is 9.53 Å². The van der Waals surface area contributed by atoms with E-state index in [9.17, 15) is 4.79 Å². The van der Waals surface area contributed by atoms with Crippen LogP contribution in [0.1, 0.15) is 52.9 Å². The van der Waals surface area contributed by atoms with Crippen molar-refractivity contribution >= 4 is 6.09 Å². The molecule has 1 saturated heterocycles. The molecule has 1 N–H and O–H groups in total. The van der Waals surface area contributed by atoms with Gasteiger partial charge in [-0.05, 0) is 46.5 Å². The number of amides is 1. The van der Waals surface area contributed by atoms with E-state index in [1.54, 1.807) is 0 Å². The highest BCUT2D eigenvalue weighted by atomic mass is 16.6. The molecular weight excluding hydrogens is 228 g/mol. The molecule has 1 saturated carbocycles.